The van der Waals surface area contributed by atoms with Gasteiger partial charge in [0.1, 0.15) is 0 Å². The Balaban J connectivity index is 1.89. The number of aryl methyl sites for hydroxylation is 2. The summed E-state index contributed by atoms with van der Waals surface area (Å²) in [7, 11) is -3.51. The summed E-state index contributed by atoms with van der Waals surface area (Å²) >= 11 is 0. The first-order chi connectivity index (χ1) is 11.4. The molecular weight excluding hydrogens is 322 g/mol. The number of hydrogen-bond acceptors (Lipinski definition) is 3. The molecule has 2 aromatic rings. The molecule has 2 atom stereocenters. The normalized spacial score (nSPS) is 22.5. The summed E-state index contributed by atoms with van der Waals surface area (Å²) in [6, 6.07) is 15.1. The Labute approximate surface area is 144 Å². The van der Waals surface area contributed by atoms with Crippen molar-refractivity contribution in [3.63, 3.8) is 0 Å². The van der Waals surface area contributed by atoms with Crippen LogP contribution in [0.3, 0.4) is 0 Å². The predicted molar refractivity (Wildman–Crippen MR) is 94.4 cm³/mol. The molecule has 1 fully saturated rings. The Morgan fingerprint density at radius 2 is 1.71 bits per heavy atom. The van der Waals surface area contributed by atoms with Crippen LogP contribution in [0.1, 0.15) is 29.7 Å². The summed E-state index contributed by atoms with van der Waals surface area (Å²) in [4.78, 5) is 0.347. The number of hydrogen-bond donors (Lipinski definition) is 0. The molecule has 1 aliphatic rings. The first kappa shape index (κ1) is 17.1. The second-order valence-corrected chi connectivity index (χ2v) is 8.42. The van der Waals surface area contributed by atoms with Gasteiger partial charge >= 0.3 is 0 Å². The Hall–Kier alpha value is -1.69. The second kappa shape index (κ2) is 6.67. The molecule has 0 aliphatic carbocycles. The molecule has 0 spiro atoms. The molecule has 1 heterocycles. The lowest BCUT2D eigenvalue weighted by Gasteiger charge is -2.36. The number of nitrogens with zero attached hydrogens (tertiary/aromatic N) is 1. The summed E-state index contributed by atoms with van der Waals surface area (Å²) in [5.41, 5.74) is 3.12. The van der Waals surface area contributed by atoms with E-state index >= 15 is 0 Å². The van der Waals surface area contributed by atoms with Crippen LogP contribution in [0.4, 0.5) is 0 Å². The van der Waals surface area contributed by atoms with Gasteiger partial charge in [0.2, 0.25) is 10.0 Å². The molecule has 1 saturated heterocycles. The third kappa shape index (κ3) is 3.53. The molecule has 3 rings (SSSR count). The topological polar surface area (TPSA) is 46.6 Å². The number of rotatable bonds is 3. The van der Waals surface area contributed by atoms with E-state index in [4.69, 9.17) is 4.74 Å². The summed E-state index contributed by atoms with van der Waals surface area (Å²) in [6.07, 6.45) is -0.390. The minimum atomic E-state index is -3.51. The van der Waals surface area contributed by atoms with E-state index in [1.807, 2.05) is 51.1 Å². The molecule has 4 nitrogen and oxygen atoms in total. The van der Waals surface area contributed by atoms with Crippen LogP contribution in [0.25, 0.3) is 0 Å². The van der Waals surface area contributed by atoms with Crippen LogP contribution in [-0.2, 0) is 14.8 Å². The lowest BCUT2D eigenvalue weighted by molar-refractivity contribution is -0.0557. The van der Waals surface area contributed by atoms with Crippen molar-refractivity contribution >= 4 is 10.0 Å². The zero-order valence-corrected chi connectivity index (χ0v) is 15.1. The predicted octanol–water partition coefficient (Wildman–Crippen LogP) is 3.45. The molecule has 1 aliphatic heterocycles. The summed E-state index contributed by atoms with van der Waals surface area (Å²) in [6.45, 7) is 6.56. The molecule has 2 aromatic carbocycles. The van der Waals surface area contributed by atoms with Crippen LogP contribution in [0.2, 0.25) is 0 Å². The van der Waals surface area contributed by atoms with Gasteiger partial charge < -0.3 is 4.74 Å². The Morgan fingerprint density at radius 3 is 2.38 bits per heavy atom. The highest BCUT2D eigenvalue weighted by Gasteiger charge is 2.34. The van der Waals surface area contributed by atoms with E-state index in [1.54, 1.807) is 22.5 Å². The van der Waals surface area contributed by atoms with Crippen molar-refractivity contribution in [3.05, 3.63) is 65.2 Å². The highest BCUT2D eigenvalue weighted by molar-refractivity contribution is 7.89. The molecule has 0 bridgehead atoms. The second-order valence-electron chi connectivity index (χ2n) is 6.48. The smallest absolute Gasteiger partial charge is 0.243 e. The van der Waals surface area contributed by atoms with Crippen molar-refractivity contribution in [2.45, 2.75) is 37.9 Å². The maximum atomic E-state index is 13.0. The lowest BCUT2D eigenvalue weighted by atomic mass is 10.1. The van der Waals surface area contributed by atoms with E-state index in [0.29, 0.717) is 18.0 Å². The highest BCUT2D eigenvalue weighted by Crippen LogP contribution is 2.29. The van der Waals surface area contributed by atoms with E-state index in [9.17, 15) is 8.42 Å². The van der Waals surface area contributed by atoms with Gasteiger partial charge in [0.25, 0.3) is 0 Å². The molecule has 128 valence electrons. The fourth-order valence-corrected chi connectivity index (χ4v) is 4.62. The lowest BCUT2D eigenvalue weighted by Crippen LogP contribution is -2.45. The Bertz CT molecular complexity index is 815. The molecule has 0 aromatic heterocycles. The van der Waals surface area contributed by atoms with Gasteiger partial charge in [0, 0.05) is 13.1 Å². The first-order valence-corrected chi connectivity index (χ1v) is 9.59. The van der Waals surface area contributed by atoms with Gasteiger partial charge in [-0.15, -0.1) is 0 Å². The van der Waals surface area contributed by atoms with Crippen molar-refractivity contribution in [1.29, 1.82) is 0 Å². The monoisotopic (exact) mass is 345 g/mol. The number of benzene rings is 2. The fraction of sp³-hybridized carbons (Fsp3) is 0.368. The van der Waals surface area contributed by atoms with Gasteiger partial charge in [-0.1, -0.05) is 42.0 Å². The van der Waals surface area contributed by atoms with Gasteiger partial charge in [0.15, 0.2) is 0 Å². The van der Waals surface area contributed by atoms with Gasteiger partial charge in [-0.25, -0.2) is 8.42 Å². The van der Waals surface area contributed by atoms with E-state index in [-0.39, 0.29) is 12.2 Å². The van der Waals surface area contributed by atoms with E-state index < -0.39 is 10.0 Å². The third-order valence-corrected chi connectivity index (χ3v) is 6.13. The highest BCUT2D eigenvalue weighted by atomic mass is 32.2. The Morgan fingerprint density at radius 1 is 1.00 bits per heavy atom. The van der Waals surface area contributed by atoms with Crippen molar-refractivity contribution in [1.82, 2.24) is 4.31 Å². The standard InChI is InChI=1S/C19H23NO3S/c1-14-7-9-17(10-8-14)19-13-20(12-16(3)23-19)24(21,22)18-6-4-5-15(2)11-18/h4-11,16,19H,12-13H2,1-3H3. The summed E-state index contributed by atoms with van der Waals surface area (Å²) < 4.78 is 33.5. The maximum Gasteiger partial charge on any atom is 0.243 e. The van der Waals surface area contributed by atoms with Crippen LogP contribution in [0.5, 0.6) is 0 Å². The maximum absolute atomic E-state index is 13.0. The molecule has 5 heteroatoms. The average molecular weight is 345 g/mol. The van der Waals surface area contributed by atoms with Crippen molar-refractivity contribution < 1.29 is 13.2 Å². The van der Waals surface area contributed by atoms with Crippen LogP contribution in [-0.4, -0.2) is 31.9 Å². The fourth-order valence-electron chi connectivity index (χ4n) is 3.00. The molecular formula is C19H23NO3S. The molecule has 24 heavy (non-hydrogen) atoms. The Kier molecular flexibility index (Phi) is 4.76. The molecule has 0 N–H and O–H groups in total. The van der Waals surface area contributed by atoms with Crippen LogP contribution in [0.15, 0.2) is 53.4 Å². The van der Waals surface area contributed by atoms with Crippen molar-refractivity contribution in [2.24, 2.45) is 0 Å². The quantitative estimate of drug-likeness (QED) is 0.856. The van der Waals surface area contributed by atoms with Crippen LogP contribution < -0.4 is 0 Å². The molecule has 0 amide bonds. The minimum absolute atomic E-state index is 0.148. The number of ether oxygens (including phenoxy) is 1. The molecule has 0 radical (unpaired) electrons. The molecule has 2 unspecified atom stereocenters. The van der Waals surface area contributed by atoms with Crippen molar-refractivity contribution in [2.75, 3.05) is 13.1 Å². The minimum Gasteiger partial charge on any atom is -0.368 e. The van der Waals surface area contributed by atoms with Gasteiger partial charge in [-0.3, -0.25) is 0 Å². The summed E-state index contributed by atoms with van der Waals surface area (Å²) in [5.74, 6) is 0. The van der Waals surface area contributed by atoms with E-state index in [2.05, 4.69) is 0 Å². The van der Waals surface area contributed by atoms with Crippen molar-refractivity contribution in [3.8, 4) is 0 Å². The van der Waals surface area contributed by atoms with Gasteiger partial charge in [0.05, 0.1) is 17.1 Å². The average Bonchev–Trinajstić information content (AvgIpc) is 2.55. The summed E-state index contributed by atoms with van der Waals surface area (Å²) in [5, 5.41) is 0. The van der Waals surface area contributed by atoms with Crippen LogP contribution >= 0.6 is 0 Å². The number of morpholine rings is 1. The van der Waals surface area contributed by atoms with Crippen LogP contribution in [0, 0.1) is 13.8 Å². The molecule has 0 saturated carbocycles. The number of sulfonamides is 1. The SMILES string of the molecule is Cc1ccc(C2CN(S(=O)(=O)c3cccc(C)c3)CC(C)O2)cc1. The van der Waals surface area contributed by atoms with E-state index in [1.165, 1.54) is 5.56 Å². The van der Waals surface area contributed by atoms with Gasteiger partial charge in [-0.2, -0.15) is 4.31 Å². The first-order valence-electron chi connectivity index (χ1n) is 8.15. The zero-order valence-electron chi connectivity index (χ0n) is 14.3. The largest absolute Gasteiger partial charge is 0.368 e. The van der Waals surface area contributed by atoms with E-state index in [0.717, 1.165) is 11.1 Å². The third-order valence-electron chi connectivity index (χ3n) is 4.30. The zero-order chi connectivity index (χ0) is 17.3. The van der Waals surface area contributed by atoms with Gasteiger partial charge in [-0.05, 0) is 44.0 Å².